The molecule has 11 heteroatoms. The number of imidazole rings is 1. The second-order valence-electron chi connectivity index (χ2n) is 8.08. The number of fused-ring (bicyclic) bond motifs is 2. The van der Waals surface area contributed by atoms with Crippen LogP contribution in [0, 0.1) is 0 Å². The highest BCUT2D eigenvalue weighted by Crippen LogP contribution is 2.40. The van der Waals surface area contributed by atoms with Gasteiger partial charge in [-0.2, -0.15) is 0 Å². The predicted octanol–water partition coefficient (Wildman–Crippen LogP) is 2.19. The Hall–Kier alpha value is -4.28. The Morgan fingerprint density at radius 2 is 1.88 bits per heavy atom. The molecule has 0 bridgehead atoms. The lowest BCUT2D eigenvalue weighted by molar-refractivity contribution is 0.612. The van der Waals surface area contributed by atoms with Crippen molar-refractivity contribution < 1.29 is 0 Å². The highest BCUT2D eigenvalue weighted by Gasteiger charge is 2.33. The van der Waals surface area contributed by atoms with Crippen molar-refractivity contribution in [3.63, 3.8) is 0 Å². The minimum Gasteiger partial charge on any atom is -0.377 e. The molecule has 4 N–H and O–H groups in total. The summed E-state index contributed by atoms with van der Waals surface area (Å²) in [5.74, 6) is 1.85. The van der Waals surface area contributed by atoms with Crippen molar-refractivity contribution in [3.05, 3.63) is 52.6 Å². The molecule has 168 valence electrons. The van der Waals surface area contributed by atoms with Gasteiger partial charge in [0.2, 0.25) is 0 Å². The summed E-state index contributed by atoms with van der Waals surface area (Å²) in [6, 6.07) is 3.35. The Morgan fingerprint density at radius 3 is 2.61 bits per heavy atom. The van der Waals surface area contributed by atoms with Crippen LogP contribution in [0.25, 0.3) is 22.4 Å². The lowest BCUT2D eigenvalue weighted by Gasteiger charge is -2.34. The van der Waals surface area contributed by atoms with E-state index in [-0.39, 0.29) is 17.6 Å². The minimum atomic E-state index is -0.292. The molecule has 0 amide bonds. The topological polar surface area (TPSA) is 140 Å². The van der Waals surface area contributed by atoms with E-state index in [1.807, 2.05) is 32.0 Å². The summed E-state index contributed by atoms with van der Waals surface area (Å²) in [7, 11) is 5.49. The van der Waals surface area contributed by atoms with Gasteiger partial charge < -0.3 is 25.5 Å². The molecule has 0 radical (unpaired) electrons. The smallest absolute Gasteiger partial charge is 0.261 e. The van der Waals surface area contributed by atoms with E-state index < -0.39 is 0 Å². The zero-order chi connectivity index (χ0) is 23.1. The standard InChI is InChI=1S/C22H24N10O/c1-11-17(21-24-6-5-7-25-21)31-19-16(22(33)30-14(9-23-2)18(19)27-11)20-28-12-8-15(32(3)4)26-10-13(12)29-20/h5-11,17,27,31H,1-4H3,(H,28,29)(H,30,33). The lowest BCUT2D eigenvalue weighted by Crippen LogP contribution is -2.37. The number of hydrogen-bond acceptors (Lipinski definition) is 9. The highest BCUT2D eigenvalue weighted by atomic mass is 16.1. The van der Waals surface area contributed by atoms with Crippen molar-refractivity contribution in [1.82, 2.24) is 29.9 Å². The molecule has 0 aromatic carbocycles. The molecule has 2 atom stereocenters. The molecule has 11 nitrogen and oxygen atoms in total. The number of hydrogen-bond donors (Lipinski definition) is 4. The fourth-order valence-corrected chi connectivity index (χ4v) is 3.98. The van der Waals surface area contributed by atoms with Gasteiger partial charge in [0.15, 0.2) is 5.82 Å². The third kappa shape index (κ3) is 3.56. The number of nitrogens with zero attached hydrogens (tertiary/aromatic N) is 6. The Labute approximate surface area is 189 Å². The molecule has 0 saturated heterocycles. The van der Waals surface area contributed by atoms with Crippen molar-refractivity contribution >= 4 is 34.4 Å². The number of pyridine rings is 2. The molecule has 2 unspecified atom stereocenters. The largest absolute Gasteiger partial charge is 0.377 e. The normalized spacial score (nSPS) is 17.6. The average Bonchev–Trinajstić information content (AvgIpc) is 3.22. The van der Waals surface area contributed by atoms with Crippen LogP contribution < -0.4 is 21.1 Å². The summed E-state index contributed by atoms with van der Waals surface area (Å²) in [6.45, 7) is 2.03. The molecule has 0 spiro atoms. The maximum absolute atomic E-state index is 13.3. The molecule has 4 aromatic rings. The van der Waals surface area contributed by atoms with Crippen LogP contribution >= 0.6 is 0 Å². The second-order valence-corrected chi connectivity index (χ2v) is 8.08. The van der Waals surface area contributed by atoms with Crippen molar-refractivity contribution in [2.75, 3.05) is 36.7 Å². The van der Waals surface area contributed by atoms with Gasteiger partial charge in [-0.1, -0.05) is 0 Å². The van der Waals surface area contributed by atoms with Gasteiger partial charge in [-0.3, -0.25) is 9.79 Å². The third-order valence-electron chi connectivity index (χ3n) is 5.59. The van der Waals surface area contributed by atoms with E-state index in [2.05, 4.69) is 40.5 Å². The van der Waals surface area contributed by atoms with Crippen LogP contribution in [-0.4, -0.2) is 63.3 Å². The molecule has 1 aliphatic rings. The first-order valence-electron chi connectivity index (χ1n) is 10.5. The van der Waals surface area contributed by atoms with E-state index in [1.54, 1.807) is 37.9 Å². The zero-order valence-corrected chi connectivity index (χ0v) is 18.7. The third-order valence-corrected chi connectivity index (χ3v) is 5.59. The number of aromatic amines is 2. The van der Waals surface area contributed by atoms with E-state index in [4.69, 9.17) is 4.98 Å². The molecule has 1 aliphatic heterocycles. The van der Waals surface area contributed by atoms with Crippen molar-refractivity contribution in [1.29, 1.82) is 0 Å². The number of aromatic nitrogens is 6. The van der Waals surface area contributed by atoms with Gasteiger partial charge in [0.25, 0.3) is 5.56 Å². The van der Waals surface area contributed by atoms with Crippen LogP contribution in [0.4, 0.5) is 17.2 Å². The molecular formula is C22H24N10O. The molecule has 0 saturated carbocycles. The van der Waals surface area contributed by atoms with Crippen molar-refractivity contribution in [3.8, 4) is 11.4 Å². The minimum absolute atomic E-state index is 0.0508. The van der Waals surface area contributed by atoms with E-state index in [1.165, 1.54) is 0 Å². The quantitative estimate of drug-likeness (QED) is 0.351. The first-order valence-corrected chi connectivity index (χ1v) is 10.5. The maximum Gasteiger partial charge on any atom is 0.261 e. The van der Waals surface area contributed by atoms with Gasteiger partial charge >= 0.3 is 0 Å². The van der Waals surface area contributed by atoms with Gasteiger partial charge in [-0.15, -0.1) is 0 Å². The number of aliphatic imine (C=N–C) groups is 1. The first-order chi connectivity index (χ1) is 16.0. The summed E-state index contributed by atoms with van der Waals surface area (Å²) in [6.07, 6.45) is 6.74. The molecule has 5 heterocycles. The Bertz CT molecular complexity index is 1410. The highest BCUT2D eigenvalue weighted by molar-refractivity contribution is 5.97. The van der Waals surface area contributed by atoms with Gasteiger partial charge in [-0.25, -0.2) is 19.9 Å². The fourth-order valence-electron chi connectivity index (χ4n) is 3.98. The monoisotopic (exact) mass is 444 g/mol. The molecule has 0 fully saturated rings. The van der Waals surface area contributed by atoms with Crippen LogP contribution in [0.2, 0.25) is 0 Å². The van der Waals surface area contributed by atoms with E-state index in [9.17, 15) is 4.79 Å². The average molecular weight is 445 g/mol. The fraction of sp³-hybridized carbons (Fsp3) is 0.273. The van der Waals surface area contributed by atoms with E-state index >= 15 is 0 Å². The Morgan fingerprint density at radius 1 is 1.09 bits per heavy atom. The maximum atomic E-state index is 13.3. The molecule has 33 heavy (non-hydrogen) atoms. The Kier molecular flexibility index (Phi) is 5.00. The molecule has 0 aliphatic carbocycles. The van der Waals surface area contributed by atoms with Gasteiger partial charge in [-0.05, 0) is 13.0 Å². The summed E-state index contributed by atoms with van der Waals surface area (Å²) < 4.78 is 0. The Balaban J connectivity index is 1.70. The molecule has 5 rings (SSSR count). The SMILES string of the molecule is CN=Cc1[nH]c(=O)c(-c2nc3cc(N(C)C)ncc3[nH]2)c2c1NC(C)C(c1ncccn1)N2. The van der Waals surface area contributed by atoms with E-state index in [0.29, 0.717) is 28.6 Å². The number of H-pyrrole nitrogens is 2. The summed E-state index contributed by atoms with van der Waals surface area (Å²) in [5.41, 5.74) is 3.49. The van der Waals surface area contributed by atoms with Crippen LogP contribution in [0.5, 0.6) is 0 Å². The second kappa shape index (κ2) is 8.01. The van der Waals surface area contributed by atoms with Gasteiger partial charge in [0.05, 0.1) is 40.3 Å². The van der Waals surface area contributed by atoms with Crippen molar-refractivity contribution in [2.45, 2.75) is 19.0 Å². The summed E-state index contributed by atoms with van der Waals surface area (Å²) in [5, 5.41) is 6.98. The van der Waals surface area contributed by atoms with Crippen LogP contribution in [0.1, 0.15) is 24.5 Å². The lowest BCUT2D eigenvalue weighted by atomic mass is 10.0. The zero-order valence-electron chi connectivity index (χ0n) is 18.7. The van der Waals surface area contributed by atoms with Gasteiger partial charge in [0.1, 0.15) is 23.2 Å². The summed E-state index contributed by atoms with van der Waals surface area (Å²) >= 11 is 0. The van der Waals surface area contributed by atoms with Crippen LogP contribution in [0.15, 0.2) is 40.5 Å². The number of nitrogens with one attached hydrogen (secondary N) is 4. The van der Waals surface area contributed by atoms with Crippen molar-refractivity contribution in [2.24, 2.45) is 4.99 Å². The van der Waals surface area contributed by atoms with Crippen LogP contribution in [-0.2, 0) is 0 Å². The predicted molar refractivity (Wildman–Crippen MR) is 129 cm³/mol. The molecule has 4 aromatic heterocycles. The number of rotatable bonds is 4. The first kappa shape index (κ1) is 20.6. The number of anilines is 3. The van der Waals surface area contributed by atoms with Crippen LogP contribution in [0.3, 0.4) is 0 Å². The molecular weight excluding hydrogens is 420 g/mol. The van der Waals surface area contributed by atoms with E-state index in [0.717, 1.165) is 22.5 Å². The summed E-state index contributed by atoms with van der Waals surface area (Å²) in [4.78, 5) is 43.4. The van der Waals surface area contributed by atoms with Gasteiger partial charge in [0, 0.05) is 45.8 Å².